The van der Waals surface area contributed by atoms with Gasteiger partial charge in [0, 0.05) is 54.9 Å². The molecule has 3 aromatic rings. The van der Waals surface area contributed by atoms with Gasteiger partial charge in [0.25, 0.3) is 0 Å². The number of nitrogens with zero attached hydrogens (tertiary/aromatic N) is 3. The van der Waals surface area contributed by atoms with Crippen LogP contribution in [0.5, 0.6) is 11.6 Å². The average molecular weight is 544 g/mol. The number of rotatable bonds is 6. The van der Waals surface area contributed by atoms with Crippen LogP contribution in [0.4, 0.5) is 0 Å². The van der Waals surface area contributed by atoms with Gasteiger partial charge in [0.05, 0.1) is 5.60 Å². The number of pyridine rings is 1. The van der Waals surface area contributed by atoms with Crippen molar-refractivity contribution in [2.45, 2.75) is 57.1 Å². The molecule has 3 aliphatic rings. The zero-order valence-electron chi connectivity index (χ0n) is 22.6. The maximum atomic E-state index is 11.3. The minimum atomic E-state index is -0.767. The number of piperidine rings is 2. The van der Waals surface area contributed by atoms with Crippen LogP contribution in [0.1, 0.15) is 60.8 Å². The second-order valence-corrected chi connectivity index (χ2v) is 11.7. The van der Waals surface area contributed by atoms with E-state index in [1.807, 2.05) is 36.5 Å². The number of hydrogen-bond acceptors (Lipinski definition) is 5. The molecular formula is C33H38ClN3O2. The molecule has 0 unspecified atom stereocenters. The molecule has 0 spiro atoms. The van der Waals surface area contributed by atoms with Crippen LogP contribution >= 0.6 is 11.6 Å². The highest BCUT2D eigenvalue weighted by Crippen LogP contribution is 2.40. The minimum Gasteiger partial charge on any atom is -0.438 e. The van der Waals surface area contributed by atoms with Crippen molar-refractivity contribution in [3.05, 3.63) is 94.1 Å². The Hall–Kier alpha value is -2.70. The molecule has 0 bridgehead atoms. The van der Waals surface area contributed by atoms with Crippen LogP contribution < -0.4 is 4.74 Å². The maximum Gasteiger partial charge on any atom is 0.226 e. The molecule has 39 heavy (non-hydrogen) atoms. The molecule has 2 saturated heterocycles. The van der Waals surface area contributed by atoms with Gasteiger partial charge < -0.3 is 14.7 Å². The first-order valence-electron chi connectivity index (χ1n) is 14.4. The number of hydrogen-bond donors (Lipinski definition) is 1. The van der Waals surface area contributed by atoms with E-state index in [9.17, 15) is 5.11 Å². The van der Waals surface area contributed by atoms with Gasteiger partial charge in [-0.05, 0) is 92.2 Å². The van der Waals surface area contributed by atoms with Crippen molar-refractivity contribution in [1.29, 1.82) is 0 Å². The van der Waals surface area contributed by atoms with E-state index in [-0.39, 0.29) is 0 Å². The SMILES string of the molecule is OC1(c2ccc(Cl)cc2)CCN(CCC=C2Cc3c(CN4CCCCC4)cccc3Oc3ncccc32)CC1. The molecule has 3 aliphatic heterocycles. The van der Waals surface area contributed by atoms with E-state index in [0.717, 1.165) is 68.7 Å². The Morgan fingerprint density at radius 1 is 0.923 bits per heavy atom. The van der Waals surface area contributed by atoms with Gasteiger partial charge >= 0.3 is 0 Å². The molecule has 5 nitrogen and oxygen atoms in total. The van der Waals surface area contributed by atoms with Crippen molar-refractivity contribution < 1.29 is 9.84 Å². The second-order valence-electron chi connectivity index (χ2n) is 11.3. The van der Waals surface area contributed by atoms with E-state index in [1.54, 1.807) is 0 Å². The minimum absolute atomic E-state index is 0.698. The second kappa shape index (κ2) is 11.8. The average Bonchev–Trinajstić information content (AvgIpc) is 3.12. The van der Waals surface area contributed by atoms with Crippen molar-refractivity contribution in [2.75, 3.05) is 32.7 Å². The fourth-order valence-electron chi connectivity index (χ4n) is 6.32. The molecule has 0 saturated carbocycles. The van der Waals surface area contributed by atoms with Crippen LogP contribution in [0, 0.1) is 0 Å². The summed E-state index contributed by atoms with van der Waals surface area (Å²) in [5.74, 6) is 1.63. The highest BCUT2D eigenvalue weighted by molar-refractivity contribution is 6.30. The summed E-state index contributed by atoms with van der Waals surface area (Å²) < 4.78 is 6.41. The van der Waals surface area contributed by atoms with Gasteiger partial charge in [0.1, 0.15) is 5.75 Å². The molecule has 2 fully saturated rings. The molecule has 0 radical (unpaired) electrons. The summed E-state index contributed by atoms with van der Waals surface area (Å²) in [6, 6.07) is 18.3. The van der Waals surface area contributed by atoms with Crippen molar-refractivity contribution in [3.63, 3.8) is 0 Å². The standard InChI is InChI=1S/C33H38ClN3O2/c34-28-13-11-27(12-14-28)33(38)15-21-36(22-16-33)20-6-8-25-23-30-26(24-37-18-2-1-3-19-37)7-4-10-31(30)39-32-29(25)9-5-17-35-32/h4-5,7-14,17,38H,1-3,6,15-16,18-24H2. The van der Waals surface area contributed by atoms with Crippen LogP contribution in [0.15, 0.2) is 66.9 Å². The van der Waals surface area contributed by atoms with E-state index < -0.39 is 5.60 Å². The van der Waals surface area contributed by atoms with Crippen LogP contribution in [0.25, 0.3) is 5.57 Å². The lowest BCUT2D eigenvalue weighted by Crippen LogP contribution is -2.42. The molecule has 6 rings (SSSR count). The molecule has 0 atom stereocenters. The van der Waals surface area contributed by atoms with E-state index in [1.165, 1.54) is 49.1 Å². The molecule has 6 heteroatoms. The maximum absolute atomic E-state index is 11.3. The number of ether oxygens (including phenoxy) is 1. The summed E-state index contributed by atoms with van der Waals surface area (Å²) >= 11 is 6.05. The van der Waals surface area contributed by atoms with Crippen molar-refractivity contribution in [1.82, 2.24) is 14.8 Å². The fraction of sp³-hybridized carbons (Fsp3) is 0.424. The lowest BCUT2D eigenvalue weighted by molar-refractivity contribution is -0.0254. The zero-order valence-corrected chi connectivity index (χ0v) is 23.4. The summed E-state index contributed by atoms with van der Waals surface area (Å²) in [5.41, 5.74) is 5.24. The Kier molecular flexibility index (Phi) is 8.03. The van der Waals surface area contributed by atoms with Crippen LogP contribution in [-0.2, 0) is 18.6 Å². The summed E-state index contributed by atoms with van der Waals surface area (Å²) in [6.07, 6.45) is 11.4. The molecule has 1 N–H and O–H groups in total. The summed E-state index contributed by atoms with van der Waals surface area (Å²) in [7, 11) is 0. The van der Waals surface area contributed by atoms with Gasteiger partial charge in [-0.15, -0.1) is 0 Å². The normalized spacial score (nSPS) is 20.6. The Labute approximate surface area is 237 Å². The smallest absolute Gasteiger partial charge is 0.226 e. The predicted octanol–water partition coefficient (Wildman–Crippen LogP) is 6.83. The largest absolute Gasteiger partial charge is 0.438 e. The highest BCUT2D eigenvalue weighted by atomic mass is 35.5. The molecule has 0 aliphatic carbocycles. The Morgan fingerprint density at radius 3 is 2.51 bits per heavy atom. The Bertz CT molecular complexity index is 1310. The van der Waals surface area contributed by atoms with Crippen LogP contribution in [0.2, 0.25) is 5.02 Å². The number of aromatic nitrogens is 1. The van der Waals surface area contributed by atoms with Gasteiger partial charge in [-0.2, -0.15) is 0 Å². The van der Waals surface area contributed by atoms with E-state index in [4.69, 9.17) is 16.3 Å². The topological polar surface area (TPSA) is 48.8 Å². The summed E-state index contributed by atoms with van der Waals surface area (Å²) in [5, 5.41) is 12.0. The van der Waals surface area contributed by atoms with E-state index in [0.29, 0.717) is 10.9 Å². The lowest BCUT2D eigenvalue weighted by Gasteiger charge is -2.38. The first-order valence-corrected chi connectivity index (χ1v) is 14.8. The van der Waals surface area contributed by atoms with Gasteiger partial charge in [0.2, 0.25) is 5.88 Å². The fourth-order valence-corrected chi connectivity index (χ4v) is 6.45. The predicted molar refractivity (Wildman–Crippen MR) is 157 cm³/mol. The quantitative estimate of drug-likeness (QED) is 0.369. The molecule has 204 valence electrons. The van der Waals surface area contributed by atoms with Gasteiger partial charge in [0.15, 0.2) is 0 Å². The number of allylic oxidation sites excluding steroid dienone is 1. The number of fused-ring (bicyclic) bond motifs is 2. The van der Waals surface area contributed by atoms with Crippen molar-refractivity contribution in [3.8, 4) is 11.6 Å². The first kappa shape index (κ1) is 26.5. The Morgan fingerprint density at radius 2 is 1.72 bits per heavy atom. The summed E-state index contributed by atoms with van der Waals surface area (Å²) in [4.78, 5) is 9.65. The molecule has 4 heterocycles. The number of likely N-dealkylation sites (tertiary alicyclic amines) is 2. The number of halogens is 1. The third kappa shape index (κ3) is 6.07. The van der Waals surface area contributed by atoms with Crippen LogP contribution in [0.3, 0.4) is 0 Å². The van der Waals surface area contributed by atoms with Crippen molar-refractivity contribution >= 4 is 17.2 Å². The lowest BCUT2D eigenvalue weighted by atomic mass is 9.84. The van der Waals surface area contributed by atoms with E-state index >= 15 is 0 Å². The van der Waals surface area contributed by atoms with Gasteiger partial charge in [-0.3, -0.25) is 4.90 Å². The highest BCUT2D eigenvalue weighted by Gasteiger charge is 2.33. The van der Waals surface area contributed by atoms with Gasteiger partial charge in [-0.1, -0.05) is 48.4 Å². The number of aliphatic hydroxyl groups is 1. The number of benzene rings is 2. The zero-order chi connectivity index (χ0) is 26.7. The summed E-state index contributed by atoms with van der Waals surface area (Å²) in [6.45, 7) is 6.07. The van der Waals surface area contributed by atoms with Crippen LogP contribution in [-0.4, -0.2) is 52.6 Å². The molecular weight excluding hydrogens is 506 g/mol. The Balaban J connectivity index is 1.16. The third-order valence-corrected chi connectivity index (χ3v) is 8.92. The first-order chi connectivity index (χ1) is 19.1. The van der Waals surface area contributed by atoms with Crippen molar-refractivity contribution in [2.24, 2.45) is 0 Å². The molecule has 2 aromatic carbocycles. The van der Waals surface area contributed by atoms with Gasteiger partial charge in [-0.25, -0.2) is 4.98 Å². The molecule has 1 aromatic heterocycles. The third-order valence-electron chi connectivity index (χ3n) is 8.66. The van der Waals surface area contributed by atoms with E-state index in [2.05, 4.69) is 45.1 Å². The molecule has 0 amide bonds. The monoisotopic (exact) mass is 543 g/mol.